The molecule has 0 atom stereocenters. The number of hydrogen-bond donors (Lipinski definition) is 2. The Kier molecular flexibility index (Phi) is 6.22. The normalized spacial score (nSPS) is 10.4. The summed E-state index contributed by atoms with van der Waals surface area (Å²) in [4.78, 5) is 2.46. The van der Waals surface area contributed by atoms with Gasteiger partial charge in [-0.05, 0) is 72.8 Å². The molecule has 0 spiro atoms. The van der Waals surface area contributed by atoms with Crippen LogP contribution >= 0.6 is 21.6 Å². The van der Waals surface area contributed by atoms with Gasteiger partial charge in [0.1, 0.15) is 0 Å². The van der Waals surface area contributed by atoms with Gasteiger partial charge in [-0.15, -0.1) is 0 Å². The molecule has 2 N–H and O–H groups in total. The van der Waals surface area contributed by atoms with Crippen molar-refractivity contribution in [3.63, 3.8) is 0 Å². The first-order valence-corrected chi connectivity index (χ1v) is 11.2. The fraction of sp³-hybridized carbons (Fsp3) is 0. The summed E-state index contributed by atoms with van der Waals surface area (Å²) in [5, 5.41) is 6.82. The van der Waals surface area contributed by atoms with Gasteiger partial charge in [0, 0.05) is 32.5 Å². The van der Waals surface area contributed by atoms with Gasteiger partial charge in [0.25, 0.3) is 0 Å². The van der Waals surface area contributed by atoms with Crippen LogP contribution < -0.4 is 10.6 Å². The van der Waals surface area contributed by atoms with Crippen LogP contribution in [0, 0.1) is 0 Å². The molecule has 0 saturated carbocycles. The minimum absolute atomic E-state index is 1.09. The van der Waals surface area contributed by atoms with Crippen molar-refractivity contribution >= 4 is 44.3 Å². The highest BCUT2D eigenvalue weighted by atomic mass is 33.1. The van der Waals surface area contributed by atoms with Gasteiger partial charge in [0.15, 0.2) is 0 Å². The molecule has 4 heteroatoms. The van der Waals surface area contributed by atoms with Crippen LogP contribution in [0.25, 0.3) is 0 Å². The van der Waals surface area contributed by atoms with Crippen molar-refractivity contribution in [2.75, 3.05) is 10.6 Å². The molecule has 0 aliphatic heterocycles. The van der Waals surface area contributed by atoms with E-state index in [0.29, 0.717) is 0 Å². The van der Waals surface area contributed by atoms with Gasteiger partial charge >= 0.3 is 0 Å². The number of benzene rings is 4. The van der Waals surface area contributed by atoms with Crippen LogP contribution in [-0.4, -0.2) is 0 Å². The summed E-state index contributed by atoms with van der Waals surface area (Å²) in [7, 11) is 3.53. The fourth-order valence-electron chi connectivity index (χ4n) is 2.66. The van der Waals surface area contributed by atoms with E-state index < -0.39 is 0 Å². The average Bonchev–Trinajstić information content (AvgIpc) is 2.76. The average molecular weight is 401 g/mol. The molecule has 4 rings (SSSR count). The molecule has 0 bridgehead atoms. The maximum absolute atomic E-state index is 3.41. The monoisotopic (exact) mass is 400 g/mol. The van der Waals surface area contributed by atoms with Crippen molar-refractivity contribution in [1.29, 1.82) is 0 Å². The summed E-state index contributed by atoms with van der Waals surface area (Å²) in [5.74, 6) is 0. The molecule has 28 heavy (non-hydrogen) atoms. The molecule has 2 nitrogen and oxygen atoms in total. The third-order valence-corrected chi connectivity index (χ3v) is 6.48. The molecule has 0 aliphatic rings. The SMILES string of the molecule is c1ccc(Nc2ccc(SSc3ccc(Nc4ccccc4)cc3)cc2)cc1. The summed E-state index contributed by atoms with van der Waals surface area (Å²) < 4.78 is 0. The molecule has 4 aromatic rings. The molecule has 0 saturated heterocycles. The molecule has 0 amide bonds. The lowest BCUT2D eigenvalue weighted by Crippen LogP contribution is -1.89. The Morgan fingerprint density at radius 3 is 1.04 bits per heavy atom. The van der Waals surface area contributed by atoms with Crippen molar-refractivity contribution in [2.24, 2.45) is 0 Å². The molecule has 0 radical (unpaired) electrons. The van der Waals surface area contributed by atoms with Gasteiger partial charge in [0.05, 0.1) is 0 Å². The highest BCUT2D eigenvalue weighted by molar-refractivity contribution is 8.76. The molecule has 0 aromatic heterocycles. The first-order chi connectivity index (χ1) is 13.8. The Bertz CT molecular complexity index is 901. The van der Waals surface area contributed by atoms with E-state index in [4.69, 9.17) is 0 Å². The number of para-hydroxylation sites is 2. The first kappa shape index (κ1) is 18.5. The summed E-state index contributed by atoms with van der Waals surface area (Å²) >= 11 is 0. The summed E-state index contributed by atoms with van der Waals surface area (Å²) in [6.45, 7) is 0. The molecule has 0 unspecified atom stereocenters. The summed E-state index contributed by atoms with van der Waals surface area (Å²) in [6, 6.07) is 37.5. The second-order valence-electron chi connectivity index (χ2n) is 6.20. The highest BCUT2D eigenvalue weighted by Crippen LogP contribution is 2.38. The van der Waals surface area contributed by atoms with Crippen LogP contribution in [0.3, 0.4) is 0 Å². The number of hydrogen-bond acceptors (Lipinski definition) is 4. The van der Waals surface area contributed by atoms with Gasteiger partial charge in [-0.25, -0.2) is 0 Å². The van der Waals surface area contributed by atoms with E-state index in [1.807, 2.05) is 36.4 Å². The number of rotatable bonds is 7. The van der Waals surface area contributed by atoms with Crippen LogP contribution in [-0.2, 0) is 0 Å². The van der Waals surface area contributed by atoms with Gasteiger partial charge in [-0.2, -0.15) is 0 Å². The molecule has 0 heterocycles. The smallest absolute Gasteiger partial charge is 0.0385 e. The van der Waals surface area contributed by atoms with Gasteiger partial charge in [0.2, 0.25) is 0 Å². The third-order valence-electron chi connectivity index (χ3n) is 4.07. The second kappa shape index (κ2) is 9.40. The predicted molar refractivity (Wildman–Crippen MR) is 124 cm³/mol. The number of anilines is 4. The van der Waals surface area contributed by atoms with E-state index in [9.17, 15) is 0 Å². The second-order valence-corrected chi connectivity index (χ2v) is 8.47. The van der Waals surface area contributed by atoms with E-state index in [2.05, 4.69) is 83.4 Å². The first-order valence-electron chi connectivity index (χ1n) is 9.04. The molecular weight excluding hydrogens is 380 g/mol. The van der Waals surface area contributed by atoms with Crippen LogP contribution in [0.4, 0.5) is 22.7 Å². The van der Waals surface area contributed by atoms with E-state index >= 15 is 0 Å². The zero-order valence-corrected chi connectivity index (χ0v) is 16.8. The molecule has 0 aliphatic carbocycles. The van der Waals surface area contributed by atoms with Gasteiger partial charge < -0.3 is 10.6 Å². The van der Waals surface area contributed by atoms with Crippen molar-refractivity contribution in [1.82, 2.24) is 0 Å². The van der Waals surface area contributed by atoms with E-state index in [1.54, 1.807) is 21.6 Å². The summed E-state index contributed by atoms with van der Waals surface area (Å²) in [6.07, 6.45) is 0. The molecule has 4 aromatic carbocycles. The minimum atomic E-state index is 1.09. The van der Waals surface area contributed by atoms with Crippen LogP contribution in [0.1, 0.15) is 0 Å². The largest absolute Gasteiger partial charge is 0.356 e. The van der Waals surface area contributed by atoms with Crippen molar-refractivity contribution in [3.05, 3.63) is 109 Å². The Morgan fingerprint density at radius 2 is 0.679 bits per heavy atom. The van der Waals surface area contributed by atoms with Crippen LogP contribution in [0.5, 0.6) is 0 Å². The number of nitrogens with one attached hydrogen (secondary N) is 2. The highest BCUT2D eigenvalue weighted by Gasteiger charge is 2.00. The van der Waals surface area contributed by atoms with Crippen molar-refractivity contribution < 1.29 is 0 Å². The summed E-state index contributed by atoms with van der Waals surface area (Å²) in [5.41, 5.74) is 4.39. The predicted octanol–water partition coefficient (Wildman–Crippen LogP) is 7.97. The Morgan fingerprint density at radius 1 is 0.357 bits per heavy atom. The van der Waals surface area contributed by atoms with Gasteiger partial charge in [-0.3, -0.25) is 0 Å². The maximum Gasteiger partial charge on any atom is 0.0385 e. The van der Waals surface area contributed by atoms with Gasteiger partial charge in [-0.1, -0.05) is 58.0 Å². The van der Waals surface area contributed by atoms with E-state index in [1.165, 1.54) is 9.79 Å². The lowest BCUT2D eigenvalue weighted by molar-refractivity contribution is 1.44. The molecule has 0 fully saturated rings. The lowest BCUT2D eigenvalue weighted by atomic mass is 10.3. The van der Waals surface area contributed by atoms with Crippen molar-refractivity contribution in [2.45, 2.75) is 9.79 Å². The minimum Gasteiger partial charge on any atom is -0.356 e. The Hall–Kier alpha value is -2.82. The fourth-order valence-corrected chi connectivity index (χ4v) is 4.59. The zero-order chi connectivity index (χ0) is 19.0. The Labute approximate surface area is 173 Å². The van der Waals surface area contributed by atoms with E-state index in [-0.39, 0.29) is 0 Å². The maximum atomic E-state index is 3.41. The third kappa shape index (κ3) is 5.35. The van der Waals surface area contributed by atoms with Crippen LogP contribution in [0.15, 0.2) is 119 Å². The molecular formula is C24H20N2S2. The quantitative estimate of drug-likeness (QED) is 0.307. The zero-order valence-electron chi connectivity index (χ0n) is 15.2. The topological polar surface area (TPSA) is 24.1 Å². The van der Waals surface area contributed by atoms with E-state index in [0.717, 1.165) is 22.7 Å². The Balaban J connectivity index is 1.30. The van der Waals surface area contributed by atoms with Crippen LogP contribution in [0.2, 0.25) is 0 Å². The molecule has 138 valence electrons. The standard InChI is InChI=1S/C24H20N2S2/c1-3-7-19(8-4-1)25-21-11-15-23(16-12-21)27-28-24-17-13-22(14-18-24)26-20-9-5-2-6-10-20/h1-18,25-26H. The lowest BCUT2D eigenvalue weighted by Gasteiger charge is -2.08. The van der Waals surface area contributed by atoms with Crippen molar-refractivity contribution in [3.8, 4) is 0 Å².